The molecule has 114 valence electrons. The number of nitrogens with two attached hydrogens (primary N) is 1. The molecule has 2 heteroatoms. The van der Waals surface area contributed by atoms with Crippen LogP contribution in [0.15, 0.2) is 12.3 Å². The molecule has 0 aromatic rings. The number of hydrogen-bond acceptors (Lipinski definition) is 2. The maximum absolute atomic E-state index is 5.39. The predicted molar refractivity (Wildman–Crippen MR) is 87.3 cm³/mol. The highest BCUT2D eigenvalue weighted by Gasteiger charge is 1.92. The van der Waals surface area contributed by atoms with Crippen LogP contribution in [-0.2, 0) is 0 Å². The van der Waals surface area contributed by atoms with Gasteiger partial charge in [-0.25, -0.2) is 0 Å². The number of unbranched alkanes of at least 4 members (excludes halogenated alkanes) is 11. The third-order valence-electron chi connectivity index (χ3n) is 3.50. The molecule has 0 saturated carbocycles. The average Bonchev–Trinajstić information content (AvgIpc) is 2.43. The molecule has 3 N–H and O–H groups in total. The van der Waals surface area contributed by atoms with E-state index in [-0.39, 0.29) is 0 Å². The molecule has 0 rings (SSSR count). The zero-order chi connectivity index (χ0) is 14.0. The minimum Gasteiger partial charge on any atom is -0.390 e. The Hall–Kier alpha value is -0.500. The maximum Gasteiger partial charge on any atom is 0.0264 e. The number of rotatable bonds is 15. The molecule has 0 saturated heterocycles. The van der Waals surface area contributed by atoms with Gasteiger partial charge in [-0.3, -0.25) is 0 Å². The minimum atomic E-state index is 0.711. The molecule has 0 aromatic heterocycles. The van der Waals surface area contributed by atoms with Crippen molar-refractivity contribution >= 4 is 0 Å². The molecular formula is C17H36N2. The van der Waals surface area contributed by atoms with Crippen LogP contribution >= 0.6 is 0 Å². The zero-order valence-corrected chi connectivity index (χ0v) is 13.1. The SMILES string of the molecule is CCCCCCCCCCCCC/C=C/NCCN. The Bertz CT molecular complexity index is 178. The predicted octanol–water partition coefficient (Wildman–Crippen LogP) is 4.75. The van der Waals surface area contributed by atoms with E-state index in [1.807, 2.05) is 6.20 Å². The van der Waals surface area contributed by atoms with Crippen LogP contribution in [0.4, 0.5) is 0 Å². The Morgan fingerprint density at radius 1 is 0.789 bits per heavy atom. The van der Waals surface area contributed by atoms with Gasteiger partial charge < -0.3 is 11.1 Å². The van der Waals surface area contributed by atoms with Gasteiger partial charge in [-0.05, 0) is 19.0 Å². The van der Waals surface area contributed by atoms with Crippen molar-refractivity contribution in [2.75, 3.05) is 13.1 Å². The van der Waals surface area contributed by atoms with Crippen LogP contribution in [0.5, 0.6) is 0 Å². The highest BCUT2D eigenvalue weighted by molar-refractivity contribution is 4.79. The van der Waals surface area contributed by atoms with Crippen molar-refractivity contribution in [2.24, 2.45) is 5.73 Å². The van der Waals surface area contributed by atoms with Gasteiger partial charge in [0.05, 0.1) is 0 Å². The summed E-state index contributed by atoms with van der Waals surface area (Å²) in [5, 5.41) is 3.17. The third-order valence-corrected chi connectivity index (χ3v) is 3.50. The van der Waals surface area contributed by atoms with Crippen LogP contribution in [0.2, 0.25) is 0 Å². The second-order valence-corrected chi connectivity index (χ2v) is 5.47. The second-order valence-electron chi connectivity index (χ2n) is 5.47. The quantitative estimate of drug-likeness (QED) is 0.421. The van der Waals surface area contributed by atoms with Crippen molar-refractivity contribution in [2.45, 2.75) is 84.0 Å². The van der Waals surface area contributed by atoms with Gasteiger partial charge in [0, 0.05) is 13.1 Å². The number of allylic oxidation sites excluding steroid dienone is 1. The Kier molecular flexibility index (Phi) is 17.0. The van der Waals surface area contributed by atoms with Crippen LogP contribution in [0, 0.1) is 0 Å². The summed E-state index contributed by atoms with van der Waals surface area (Å²) in [6, 6.07) is 0. The molecule has 0 unspecified atom stereocenters. The lowest BCUT2D eigenvalue weighted by Gasteiger charge is -2.01. The van der Waals surface area contributed by atoms with E-state index in [1.165, 1.54) is 77.0 Å². The first kappa shape index (κ1) is 18.5. The molecule has 0 fully saturated rings. The molecule has 2 nitrogen and oxygen atoms in total. The zero-order valence-electron chi connectivity index (χ0n) is 13.1. The lowest BCUT2D eigenvalue weighted by Crippen LogP contribution is -2.16. The van der Waals surface area contributed by atoms with Gasteiger partial charge in [-0.15, -0.1) is 0 Å². The molecule has 0 aliphatic heterocycles. The summed E-state index contributed by atoms with van der Waals surface area (Å²) in [4.78, 5) is 0. The van der Waals surface area contributed by atoms with Gasteiger partial charge in [0.1, 0.15) is 0 Å². The minimum absolute atomic E-state index is 0.711. The largest absolute Gasteiger partial charge is 0.390 e. The molecule has 0 atom stereocenters. The monoisotopic (exact) mass is 268 g/mol. The van der Waals surface area contributed by atoms with E-state index >= 15 is 0 Å². The molecule has 0 spiro atoms. The molecule has 19 heavy (non-hydrogen) atoms. The Balaban J connectivity index is 2.97. The molecule has 0 aliphatic carbocycles. The highest BCUT2D eigenvalue weighted by atomic mass is 14.8. The lowest BCUT2D eigenvalue weighted by atomic mass is 10.1. The van der Waals surface area contributed by atoms with Gasteiger partial charge in [-0.2, -0.15) is 0 Å². The molecule has 0 amide bonds. The van der Waals surface area contributed by atoms with Crippen molar-refractivity contribution in [3.05, 3.63) is 12.3 Å². The fourth-order valence-corrected chi connectivity index (χ4v) is 2.26. The van der Waals surface area contributed by atoms with Gasteiger partial charge >= 0.3 is 0 Å². The average molecular weight is 268 g/mol. The van der Waals surface area contributed by atoms with Gasteiger partial charge in [0.2, 0.25) is 0 Å². The van der Waals surface area contributed by atoms with E-state index in [9.17, 15) is 0 Å². The van der Waals surface area contributed by atoms with Crippen LogP contribution in [-0.4, -0.2) is 13.1 Å². The van der Waals surface area contributed by atoms with E-state index < -0.39 is 0 Å². The van der Waals surface area contributed by atoms with Gasteiger partial charge in [0.15, 0.2) is 0 Å². The highest BCUT2D eigenvalue weighted by Crippen LogP contribution is 2.11. The smallest absolute Gasteiger partial charge is 0.0264 e. The normalized spacial score (nSPS) is 11.3. The van der Waals surface area contributed by atoms with E-state index in [4.69, 9.17) is 5.73 Å². The van der Waals surface area contributed by atoms with Crippen molar-refractivity contribution in [3.63, 3.8) is 0 Å². The van der Waals surface area contributed by atoms with E-state index in [0.717, 1.165) is 6.54 Å². The van der Waals surface area contributed by atoms with Crippen molar-refractivity contribution in [3.8, 4) is 0 Å². The summed E-state index contributed by atoms with van der Waals surface area (Å²) < 4.78 is 0. The van der Waals surface area contributed by atoms with Crippen molar-refractivity contribution < 1.29 is 0 Å². The summed E-state index contributed by atoms with van der Waals surface area (Å²) in [7, 11) is 0. The molecule has 0 radical (unpaired) electrons. The van der Waals surface area contributed by atoms with Crippen LogP contribution in [0.25, 0.3) is 0 Å². The summed E-state index contributed by atoms with van der Waals surface area (Å²) in [5.74, 6) is 0. The van der Waals surface area contributed by atoms with E-state index in [0.29, 0.717) is 6.54 Å². The Labute approximate surface area is 121 Å². The summed E-state index contributed by atoms with van der Waals surface area (Å²) in [6.45, 7) is 3.88. The molecule has 0 bridgehead atoms. The first-order chi connectivity index (χ1) is 9.41. The van der Waals surface area contributed by atoms with E-state index in [1.54, 1.807) is 0 Å². The molecule has 0 aromatic carbocycles. The molecule has 0 aliphatic rings. The molecule has 0 heterocycles. The number of nitrogens with one attached hydrogen (secondary N) is 1. The number of hydrogen-bond donors (Lipinski definition) is 2. The standard InChI is InChI=1S/C17H36N2/c1-2-3-4-5-6-7-8-9-10-11-12-13-14-16-19-17-15-18/h14,16,19H,2-13,15,17-18H2,1H3/b16-14+. The van der Waals surface area contributed by atoms with Gasteiger partial charge in [-0.1, -0.05) is 77.2 Å². The van der Waals surface area contributed by atoms with Gasteiger partial charge in [0.25, 0.3) is 0 Å². The second kappa shape index (κ2) is 17.5. The maximum atomic E-state index is 5.39. The fraction of sp³-hybridized carbons (Fsp3) is 0.882. The Morgan fingerprint density at radius 2 is 1.32 bits per heavy atom. The molecular weight excluding hydrogens is 232 g/mol. The van der Waals surface area contributed by atoms with Crippen molar-refractivity contribution in [1.29, 1.82) is 0 Å². The topological polar surface area (TPSA) is 38.0 Å². The van der Waals surface area contributed by atoms with Crippen LogP contribution in [0.3, 0.4) is 0 Å². The fourth-order valence-electron chi connectivity index (χ4n) is 2.26. The van der Waals surface area contributed by atoms with Crippen LogP contribution in [0.1, 0.15) is 84.0 Å². The summed E-state index contributed by atoms with van der Waals surface area (Å²) in [6.07, 6.45) is 21.1. The Morgan fingerprint density at radius 3 is 1.84 bits per heavy atom. The van der Waals surface area contributed by atoms with E-state index in [2.05, 4.69) is 18.3 Å². The lowest BCUT2D eigenvalue weighted by molar-refractivity contribution is 0.550. The summed E-state index contributed by atoms with van der Waals surface area (Å²) >= 11 is 0. The van der Waals surface area contributed by atoms with Crippen molar-refractivity contribution in [1.82, 2.24) is 5.32 Å². The third kappa shape index (κ3) is 17.5. The first-order valence-electron chi connectivity index (χ1n) is 8.50. The van der Waals surface area contributed by atoms with Crippen LogP contribution < -0.4 is 11.1 Å². The summed E-state index contributed by atoms with van der Waals surface area (Å²) in [5.41, 5.74) is 5.39. The first-order valence-corrected chi connectivity index (χ1v) is 8.50.